The van der Waals surface area contributed by atoms with Crippen LogP contribution in [0, 0.1) is 5.92 Å². The lowest BCUT2D eigenvalue weighted by molar-refractivity contribution is 0.603. The molecule has 0 aliphatic heterocycles. The first-order valence-electron chi connectivity index (χ1n) is 3.53. The van der Waals surface area contributed by atoms with Crippen molar-refractivity contribution in [1.82, 2.24) is 0 Å². The van der Waals surface area contributed by atoms with Crippen LogP contribution in [0.25, 0.3) is 0 Å². The third kappa shape index (κ3) is 5.35. The molecular formula is C9H16. The summed E-state index contributed by atoms with van der Waals surface area (Å²) in [6, 6.07) is 0. The van der Waals surface area contributed by atoms with Crippen LogP contribution >= 0.6 is 0 Å². The average molecular weight is 124 g/mol. The molecule has 0 aromatic carbocycles. The van der Waals surface area contributed by atoms with Crippen LogP contribution in [0.1, 0.15) is 26.7 Å². The number of rotatable bonds is 4. The average Bonchev–Trinajstić information content (AvgIpc) is 1.85. The largest absolute Gasteiger partial charge is 0.103 e. The van der Waals surface area contributed by atoms with Crippen LogP contribution < -0.4 is 0 Å². The van der Waals surface area contributed by atoms with Crippen LogP contribution in [0.2, 0.25) is 0 Å². The Morgan fingerprint density at radius 2 is 2.11 bits per heavy atom. The van der Waals surface area contributed by atoms with Gasteiger partial charge in [0.05, 0.1) is 0 Å². The fourth-order valence-electron chi connectivity index (χ4n) is 0.749. The SMILES string of the molecule is C=CCC(C)C/C=C\C. The summed E-state index contributed by atoms with van der Waals surface area (Å²) in [6.45, 7) is 7.98. The van der Waals surface area contributed by atoms with Crippen molar-refractivity contribution >= 4 is 0 Å². The zero-order valence-corrected chi connectivity index (χ0v) is 6.43. The van der Waals surface area contributed by atoms with Crippen molar-refractivity contribution < 1.29 is 0 Å². The molecule has 0 bridgehead atoms. The molecule has 0 heteroatoms. The summed E-state index contributed by atoms with van der Waals surface area (Å²) in [5.41, 5.74) is 0. The normalized spacial score (nSPS) is 14.0. The highest BCUT2D eigenvalue weighted by atomic mass is 14.0. The summed E-state index contributed by atoms with van der Waals surface area (Å²) in [7, 11) is 0. The highest BCUT2D eigenvalue weighted by molar-refractivity contribution is 4.81. The predicted octanol–water partition coefficient (Wildman–Crippen LogP) is 3.16. The second kappa shape index (κ2) is 5.61. The third-order valence-corrected chi connectivity index (χ3v) is 1.34. The van der Waals surface area contributed by atoms with E-state index < -0.39 is 0 Å². The summed E-state index contributed by atoms with van der Waals surface area (Å²) in [4.78, 5) is 0. The minimum atomic E-state index is 0.763. The van der Waals surface area contributed by atoms with Gasteiger partial charge < -0.3 is 0 Å². The van der Waals surface area contributed by atoms with Gasteiger partial charge in [-0.3, -0.25) is 0 Å². The molecule has 1 unspecified atom stereocenters. The minimum absolute atomic E-state index is 0.763. The van der Waals surface area contributed by atoms with E-state index in [1.165, 1.54) is 6.42 Å². The molecular weight excluding hydrogens is 108 g/mol. The summed E-state index contributed by atoms with van der Waals surface area (Å²) < 4.78 is 0. The Morgan fingerprint density at radius 1 is 1.44 bits per heavy atom. The first-order valence-corrected chi connectivity index (χ1v) is 3.53. The Labute approximate surface area is 58.3 Å². The molecule has 0 aromatic rings. The van der Waals surface area contributed by atoms with Crippen LogP contribution in [-0.2, 0) is 0 Å². The smallest absolute Gasteiger partial charge is 0.0322 e. The van der Waals surface area contributed by atoms with Crippen molar-refractivity contribution in [3.05, 3.63) is 24.8 Å². The molecule has 0 aliphatic carbocycles. The first-order chi connectivity index (χ1) is 4.31. The maximum absolute atomic E-state index is 3.68. The molecule has 0 saturated heterocycles. The minimum Gasteiger partial charge on any atom is -0.103 e. The van der Waals surface area contributed by atoms with Gasteiger partial charge >= 0.3 is 0 Å². The molecule has 0 heterocycles. The maximum atomic E-state index is 3.68. The Hall–Kier alpha value is -0.520. The van der Waals surface area contributed by atoms with Gasteiger partial charge in [-0.05, 0) is 25.7 Å². The predicted molar refractivity (Wildman–Crippen MR) is 43.4 cm³/mol. The van der Waals surface area contributed by atoms with Crippen molar-refractivity contribution in [2.45, 2.75) is 26.7 Å². The van der Waals surface area contributed by atoms with Crippen molar-refractivity contribution in [2.75, 3.05) is 0 Å². The summed E-state index contributed by atoms with van der Waals surface area (Å²) >= 11 is 0. The Balaban J connectivity index is 3.25. The van der Waals surface area contributed by atoms with E-state index in [1.54, 1.807) is 0 Å². The van der Waals surface area contributed by atoms with E-state index in [0.717, 1.165) is 12.3 Å². The quantitative estimate of drug-likeness (QED) is 0.505. The van der Waals surface area contributed by atoms with E-state index in [9.17, 15) is 0 Å². The van der Waals surface area contributed by atoms with E-state index in [2.05, 4.69) is 32.6 Å². The zero-order chi connectivity index (χ0) is 7.11. The highest BCUT2D eigenvalue weighted by Gasteiger charge is 1.93. The lowest BCUT2D eigenvalue weighted by Crippen LogP contribution is -1.88. The van der Waals surface area contributed by atoms with Gasteiger partial charge in [0.15, 0.2) is 0 Å². The molecule has 0 amide bonds. The maximum Gasteiger partial charge on any atom is -0.0322 e. The lowest BCUT2D eigenvalue weighted by atomic mass is 10.0. The van der Waals surface area contributed by atoms with Crippen molar-refractivity contribution in [3.63, 3.8) is 0 Å². The number of allylic oxidation sites excluding steroid dienone is 3. The molecule has 0 spiro atoms. The molecule has 9 heavy (non-hydrogen) atoms. The molecule has 0 aromatic heterocycles. The molecule has 0 aliphatic rings. The van der Waals surface area contributed by atoms with E-state index in [1.807, 2.05) is 6.08 Å². The van der Waals surface area contributed by atoms with E-state index in [0.29, 0.717) is 0 Å². The Kier molecular flexibility index (Phi) is 5.29. The molecule has 0 rings (SSSR count). The van der Waals surface area contributed by atoms with Gasteiger partial charge in [0.1, 0.15) is 0 Å². The molecule has 0 saturated carbocycles. The molecule has 0 N–H and O–H groups in total. The second-order valence-corrected chi connectivity index (χ2v) is 2.43. The zero-order valence-electron chi connectivity index (χ0n) is 6.43. The fourth-order valence-corrected chi connectivity index (χ4v) is 0.749. The van der Waals surface area contributed by atoms with Crippen LogP contribution in [0.15, 0.2) is 24.8 Å². The van der Waals surface area contributed by atoms with Crippen molar-refractivity contribution in [1.29, 1.82) is 0 Å². The molecule has 1 atom stereocenters. The van der Waals surface area contributed by atoms with Crippen LogP contribution in [0.5, 0.6) is 0 Å². The monoisotopic (exact) mass is 124 g/mol. The van der Waals surface area contributed by atoms with Crippen LogP contribution in [-0.4, -0.2) is 0 Å². The number of hydrogen-bond acceptors (Lipinski definition) is 0. The Morgan fingerprint density at radius 3 is 2.56 bits per heavy atom. The molecule has 0 nitrogen and oxygen atoms in total. The first kappa shape index (κ1) is 8.48. The molecule has 0 radical (unpaired) electrons. The molecule has 52 valence electrons. The van der Waals surface area contributed by atoms with Crippen molar-refractivity contribution in [2.24, 2.45) is 5.92 Å². The van der Waals surface area contributed by atoms with E-state index in [-0.39, 0.29) is 0 Å². The summed E-state index contributed by atoms with van der Waals surface area (Å²) in [6.07, 6.45) is 8.59. The standard InChI is InChI=1S/C9H16/c1-4-6-8-9(3)7-5-2/h4-6,9H,2,7-8H2,1,3H3/b6-4-. The van der Waals surface area contributed by atoms with Gasteiger partial charge in [0, 0.05) is 0 Å². The third-order valence-electron chi connectivity index (χ3n) is 1.34. The van der Waals surface area contributed by atoms with Crippen molar-refractivity contribution in [3.8, 4) is 0 Å². The molecule has 0 fully saturated rings. The summed E-state index contributed by atoms with van der Waals surface area (Å²) in [5.74, 6) is 0.763. The topological polar surface area (TPSA) is 0 Å². The fraction of sp³-hybridized carbons (Fsp3) is 0.556. The van der Waals surface area contributed by atoms with Gasteiger partial charge in [-0.1, -0.05) is 25.2 Å². The highest BCUT2D eigenvalue weighted by Crippen LogP contribution is 2.07. The van der Waals surface area contributed by atoms with E-state index in [4.69, 9.17) is 0 Å². The van der Waals surface area contributed by atoms with Gasteiger partial charge in [0.25, 0.3) is 0 Å². The summed E-state index contributed by atoms with van der Waals surface area (Å²) in [5, 5.41) is 0. The van der Waals surface area contributed by atoms with Gasteiger partial charge in [-0.25, -0.2) is 0 Å². The van der Waals surface area contributed by atoms with Gasteiger partial charge in [-0.2, -0.15) is 0 Å². The van der Waals surface area contributed by atoms with E-state index >= 15 is 0 Å². The second-order valence-electron chi connectivity index (χ2n) is 2.43. The van der Waals surface area contributed by atoms with Gasteiger partial charge in [-0.15, -0.1) is 6.58 Å². The van der Waals surface area contributed by atoms with Crippen LogP contribution in [0.3, 0.4) is 0 Å². The lowest BCUT2D eigenvalue weighted by Gasteiger charge is -2.01. The van der Waals surface area contributed by atoms with Gasteiger partial charge in [0.2, 0.25) is 0 Å². The number of hydrogen-bond donors (Lipinski definition) is 0. The Bertz CT molecular complexity index is 90.2. The van der Waals surface area contributed by atoms with Crippen LogP contribution in [0.4, 0.5) is 0 Å².